The minimum absolute atomic E-state index is 0.0314. The summed E-state index contributed by atoms with van der Waals surface area (Å²) in [5.41, 5.74) is 1.77. The van der Waals surface area contributed by atoms with Crippen LogP contribution in [-0.2, 0) is 20.7 Å². The third kappa shape index (κ3) is 6.81. The maximum Gasteiger partial charge on any atom is 0.257 e. The van der Waals surface area contributed by atoms with Crippen molar-refractivity contribution in [3.8, 4) is 5.75 Å². The van der Waals surface area contributed by atoms with Gasteiger partial charge in [0.2, 0.25) is 11.8 Å². The fraction of sp³-hybridized carbons (Fsp3) is 0.481. The van der Waals surface area contributed by atoms with E-state index < -0.39 is 0 Å². The number of carbonyl (C=O) groups excluding carboxylic acids is 3. The fourth-order valence-corrected chi connectivity index (χ4v) is 4.23. The Morgan fingerprint density at radius 3 is 2.67 bits per heavy atom. The molecule has 194 valence electrons. The van der Waals surface area contributed by atoms with E-state index >= 15 is 0 Å². The third-order valence-electron chi connectivity index (χ3n) is 6.45. The van der Waals surface area contributed by atoms with Gasteiger partial charge >= 0.3 is 0 Å². The van der Waals surface area contributed by atoms with Crippen LogP contribution < -0.4 is 10.1 Å². The number of nitrogens with zero attached hydrogens (tertiary/aromatic N) is 3. The van der Waals surface area contributed by atoms with Crippen molar-refractivity contribution in [1.82, 2.24) is 14.8 Å². The Labute approximate surface area is 212 Å². The number of fused-ring (bicyclic) bond motifs is 1. The second kappa shape index (κ2) is 12.5. The van der Waals surface area contributed by atoms with E-state index in [9.17, 15) is 14.4 Å². The molecule has 0 saturated carbocycles. The molecule has 9 nitrogen and oxygen atoms in total. The van der Waals surface area contributed by atoms with Gasteiger partial charge in [-0.15, -0.1) is 0 Å². The average Bonchev–Trinajstić information content (AvgIpc) is 2.88. The second-order valence-corrected chi connectivity index (χ2v) is 9.29. The predicted octanol–water partition coefficient (Wildman–Crippen LogP) is 3.01. The summed E-state index contributed by atoms with van der Waals surface area (Å²) in [7, 11) is 3.34. The molecule has 0 spiro atoms. The first-order valence-corrected chi connectivity index (χ1v) is 12.3. The molecule has 1 aromatic heterocycles. The molecule has 0 fully saturated rings. The number of aromatic nitrogens is 1. The van der Waals surface area contributed by atoms with Crippen LogP contribution in [0, 0.1) is 5.92 Å². The molecule has 1 aliphatic heterocycles. The number of methoxy groups -OCH3 is 1. The van der Waals surface area contributed by atoms with Crippen LogP contribution in [0.3, 0.4) is 0 Å². The van der Waals surface area contributed by atoms with Crippen molar-refractivity contribution in [1.29, 1.82) is 0 Å². The molecular weight excluding hydrogens is 460 g/mol. The van der Waals surface area contributed by atoms with Crippen molar-refractivity contribution in [2.45, 2.75) is 45.8 Å². The standard InChI is InChI=1S/C27H36N4O5/c1-6-25(32)29-21-9-10-22-23(13-21)36-17-19(3)31(26(33)12-20-8-7-11-28-14-20)15-18(2)24(35-5)16-30(4)27(22)34/h7-11,13-14,18-19,24H,6,12,15-17H2,1-5H3,(H,29,32)/t18-,19+,24+/m0/s1. The minimum Gasteiger partial charge on any atom is -0.491 e. The van der Waals surface area contributed by atoms with E-state index in [1.807, 2.05) is 30.9 Å². The lowest BCUT2D eigenvalue weighted by Gasteiger charge is -2.36. The molecule has 2 aromatic rings. The largest absolute Gasteiger partial charge is 0.491 e. The first kappa shape index (κ1) is 27.1. The lowest BCUT2D eigenvalue weighted by atomic mass is 10.0. The van der Waals surface area contributed by atoms with Gasteiger partial charge in [0.05, 0.1) is 24.1 Å². The Kier molecular flexibility index (Phi) is 9.41. The van der Waals surface area contributed by atoms with E-state index in [0.29, 0.717) is 36.5 Å². The SMILES string of the molecule is CCC(=O)Nc1ccc2c(c1)OC[C@@H](C)N(C(=O)Cc1cccnc1)C[C@H](C)[C@H](OC)CN(C)C2=O. The number of pyridine rings is 1. The number of hydrogen-bond acceptors (Lipinski definition) is 6. The molecule has 3 amide bonds. The maximum atomic E-state index is 13.4. The fourth-order valence-electron chi connectivity index (χ4n) is 4.23. The molecular formula is C27H36N4O5. The van der Waals surface area contributed by atoms with Crippen LogP contribution in [0.25, 0.3) is 0 Å². The molecule has 0 unspecified atom stereocenters. The number of amides is 3. The van der Waals surface area contributed by atoms with Gasteiger partial charge in [-0.2, -0.15) is 0 Å². The zero-order valence-electron chi connectivity index (χ0n) is 21.7. The van der Waals surface area contributed by atoms with Crippen LogP contribution in [-0.4, -0.2) is 78.5 Å². The summed E-state index contributed by atoms with van der Waals surface area (Å²) in [6, 6.07) is 8.43. The van der Waals surface area contributed by atoms with Gasteiger partial charge in [-0.25, -0.2) is 0 Å². The number of nitrogens with one attached hydrogen (secondary N) is 1. The summed E-state index contributed by atoms with van der Waals surface area (Å²) in [6.07, 6.45) is 3.66. The number of ether oxygens (including phenoxy) is 2. The predicted molar refractivity (Wildman–Crippen MR) is 137 cm³/mol. The maximum absolute atomic E-state index is 13.4. The Morgan fingerprint density at radius 2 is 2.00 bits per heavy atom. The zero-order chi connectivity index (χ0) is 26.2. The van der Waals surface area contributed by atoms with Crippen molar-refractivity contribution in [2.24, 2.45) is 5.92 Å². The van der Waals surface area contributed by atoms with E-state index in [2.05, 4.69) is 10.3 Å². The monoisotopic (exact) mass is 496 g/mol. The molecule has 3 rings (SSSR count). The third-order valence-corrected chi connectivity index (χ3v) is 6.45. The normalized spacial score (nSPS) is 21.0. The molecule has 3 atom stereocenters. The van der Waals surface area contributed by atoms with Gasteiger partial charge in [0, 0.05) is 63.7 Å². The van der Waals surface area contributed by atoms with E-state index in [1.54, 1.807) is 56.6 Å². The van der Waals surface area contributed by atoms with Gasteiger partial charge in [0.15, 0.2) is 0 Å². The average molecular weight is 497 g/mol. The lowest BCUT2D eigenvalue weighted by Crippen LogP contribution is -2.49. The molecule has 0 radical (unpaired) electrons. The van der Waals surface area contributed by atoms with Crippen LogP contribution in [0.4, 0.5) is 5.69 Å². The zero-order valence-corrected chi connectivity index (χ0v) is 21.7. The van der Waals surface area contributed by atoms with Crippen molar-refractivity contribution in [2.75, 3.05) is 39.2 Å². The van der Waals surface area contributed by atoms with Crippen LogP contribution in [0.15, 0.2) is 42.7 Å². The highest BCUT2D eigenvalue weighted by Crippen LogP contribution is 2.27. The van der Waals surface area contributed by atoms with Gasteiger partial charge in [0.25, 0.3) is 5.91 Å². The summed E-state index contributed by atoms with van der Waals surface area (Å²) in [5, 5.41) is 2.81. The molecule has 1 aliphatic rings. The Balaban J connectivity index is 1.94. The van der Waals surface area contributed by atoms with Gasteiger partial charge in [-0.3, -0.25) is 19.4 Å². The van der Waals surface area contributed by atoms with Gasteiger partial charge in [0.1, 0.15) is 12.4 Å². The van der Waals surface area contributed by atoms with E-state index in [0.717, 1.165) is 5.56 Å². The first-order chi connectivity index (χ1) is 17.2. The second-order valence-electron chi connectivity index (χ2n) is 9.29. The summed E-state index contributed by atoms with van der Waals surface area (Å²) >= 11 is 0. The highest BCUT2D eigenvalue weighted by atomic mass is 16.5. The highest BCUT2D eigenvalue weighted by molar-refractivity contribution is 5.98. The summed E-state index contributed by atoms with van der Waals surface area (Å²) in [5.74, 6) is -0.0493. The summed E-state index contributed by atoms with van der Waals surface area (Å²) in [4.78, 5) is 46.1. The number of benzene rings is 1. The number of likely N-dealkylation sites (N-methyl/N-ethyl adjacent to an activating group) is 1. The molecule has 1 N–H and O–H groups in total. The molecule has 2 heterocycles. The van der Waals surface area contributed by atoms with Gasteiger partial charge < -0.3 is 24.6 Å². The highest BCUT2D eigenvalue weighted by Gasteiger charge is 2.30. The first-order valence-electron chi connectivity index (χ1n) is 12.3. The van der Waals surface area contributed by atoms with Crippen LogP contribution in [0.2, 0.25) is 0 Å². The molecule has 0 aliphatic carbocycles. The van der Waals surface area contributed by atoms with Gasteiger partial charge in [-0.1, -0.05) is 19.9 Å². The van der Waals surface area contributed by atoms with Crippen LogP contribution in [0.5, 0.6) is 5.75 Å². The molecule has 36 heavy (non-hydrogen) atoms. The Hall–Kier alpha value is -3.46. The van der Waals surface area contributed by atoms with Crippen LogP contribution in [0.1, 0.15) is 43.1 Å². The van der Waals surface area contributed by atoms with E-state index in [4.69, 9.17) is 9.47 Å². The number of rotatable bonds is 5. The Morgan fingerprint density at radius 1 is 1.22 bits per heavy atom. The molecule has 1 aromatic carbocycles. The number of hydrogen-bond donors (Lipinski definition) is 1. The van der Waals surface area contributed by atoms with Crippen molar-refractivity contribution >= 4 is 23.4 Å². The number of carbonyl (C=O) groups is 3. The molecule has 0 bridgehead atoms. The molecule has 0 saturated heterocycles. The van der Waals surface area contributed by atoms with Crippen LogP contribution >= 0.6 is 0 Å². The molecule has 9 heteroatoms. The lowest BCUT2D eigenvalue weighted by molar-refractivity contribution is -0.134. The van der Waals surface area contributed by atoms with Crippen molar-refractivity contribution in [3.63, 3.8) is 0 Å². The van der Waals surface area contributed by atoms with E-state index in [-0.39, 0.29) is 48.8 Å². The van der Waals surface area contributed by atoms with Crippen molar-refractivity contribution < 1.29 is 23.9 Å². The minimum atomic E-state index is -0.275. The smallest absolute Gasteiger partial charge is 0.257 e. The quantitative estimate of drug-likeness (QED) is 0.683. The van der Waals surface area contributed by atoms with Crippen molar-refractivity contribution in [3.05, 3.63) is 53.9 Å². The van der Waals surface area contributed by atoms with E-state index in [1.165, 1.54) is 0 Å². The summed E-state index contributed by atoms with van der Waals surface area (Å²) in [6.45, 7) is 6.69. The Bertz CT molecular complexity index is 1060. The number of anilines is 1. The topological polar surface area (TPSA) is 101 Å². The van der Waals surface area contributed by atoms with Gasteiger partial charge in [-0.05, 0) is 30.7 Å². The summed E-state index contributed by atoms with van der Waals surface area (Å²) < 4.78 is 11.9.